The molecule has 1 aliphatic rings. The van der Waals surface area contributed by atoms with Gasteiger partial charge in [-0.2, -0.15) is 0 Å². The van der Waals surface area contributed by atoms with Crippen molar-refractivity contribution in [1.82, 2.24) is 4.90 Å². The van der Waals surface area contributed by atoms with E-state index in [2.05, 4.69) is 0 Å². The molecule has 0 bridgehead atoms. The molecule has 3 rings (SSSR count). The van der Waals surface area contributed by atoms with Crippen molar-refractivity contribution in [1.29, 1.82) is 0 Å². The van der Waals surface area contributed by atoms with Gasteiger partial charge >= 0.3 is 0 Å². The minimum absolute atomic E-state index is 0.0749. The molecule has 1 amide bonds. The van der Waals surface area contributed by atoms with Crippen LogP contribution in [-0.4, -0.2) is 34.1 Å². The number of hydrogen-bond acceptors (Lipinski definition) is 3. The van der Waals surface area contributed by atoms with Crippen molar-refractivity contribution in [3.63, 3.8) is 0 Å². The molecule has 0 aromatic heterocycles. The Hall–Kier alpha value is -2.56. The van der Waals surface area contributed by atoms with E-state index in [1.54, 1.807) is 17.0 Å². The normalized spacial score (nSPS) is 15.6. The van der Waals surface area contributed by atoms with Crippen LogP contribution in [-0.2, 0) is 0 Å². The van der Waals surface area contributed by atoms with Crippen LogP contribution in [0.1, 0.15) is 34.7 Å². The number of carbonyl (C=O) groups is 1. The first-order valence-corrected chi connectivity index (χ1v) is 7.61. The van der Waals surface area contributed by atoms with Crippen LogP contribution in [0.5, 0.6) is 11.5 Å². The van der Waals surface area contributed by atoms with E-state index in [-0.39, 0.29) is 28.8 Å². The fourth-order valence-corrected chi connectivity index (χ4v) is 3.02. The largest absolute Gasteiger partial charge is 0.508 e. The number of halogens is 1. The van der Waals surface area contributed by atoms with Crippen LogP contribution in [0.2, 0.25) is 0 Å². The lowest BCUT2D eigenvalue weighted by atomic mass is 9.89. The number of rotatable bonds is 2. The zero-order chi connectivity index (χ0) is 16.4. The highest BCUT2D eigenvalue weighted by atomic mass is 19.1. The van der Waals surface area contributed by atoms with Crippen molar-refractivity contribution in [2.75, 3.05) is 13.1 Å². The molecule has 4 nitrogen and oxygen atoms in total. The number of phenols is 2. The Kier molecular flexibility index (Phi) is 4.19. The standard InChI is InChI=1S/C18H18FNO3/c19-14-3-1-12(2-4-14)13-7-9-20(10-8-13)18(23)16-6-5-15(21)11-17(16)22/h1-6,11,13,21-22H,7-10H2. The van der Waals surface area contributed by atoms with E-state index in [1.165, 1.54) is 30.3 Å². The smallest absolute Gasteiger partial charge is 0.257 e. The van der Waals surface area contributed by atoms with Crippen molar-refractivity contribution in [2.45, 2.75) is 18.8 Å². The highest BCUT2D eigenvalue weighted by molar-refractivity contribution is 5.97. The van der Waals surface area contributed by atoms with Crippen LogP contribution in [0.15, 0.2) is 42.5 Å². The third kappa shape index (κ3) is 3.28. The summed E-state index contributed by atoms with van der Waals surface area (Å²) in [6.07, 6.45) is 1.60. The number of phenolic OH excluding ortho intramolecular Hbond substituents is 2. The van der Waals surface area contributed by atoms with Gasteiger partial charge in [0.05, 0.1) is 5.56 Å². The van der Waals surface area contributed by atoms with E-state index in [1.807, 2.05) is 0 Å². The average Bonchev–Trinajstić information content (AvgIpc) is 2.55. The van der Waals surface area contributed by atoms with Gasteiger partial charge in [0.15, 0.2) is 0 Å². The van der Waals surface area contributed by atoms with Crippen LogP contribution in [0.25, 0.3) is 0 Å². The molecule has 1 saturated heterocycles. The van der Waals surface area contributed by atoms with E-state index >= 15 is 0 Å². The minimum atomic E-state index is -0.246. The summed E-state index contributed by atoms with van der Waals surface area (Å²) in [6, 6.07) is 10.5. The molecule has 120 valence electrons. The van der Waals surface area contributed by atoms with Crippen LogP contribution in [0.3, 0.4) is 0 Å². The number of nitrogens with zero attached hydrogens (tertiary/aromatic N) is 1. The lowest BCUT2D eigenvalue weighted by Crippen LogP contribution is -2.37. The molecular formula is C18H18FNO3. The van der Waals surface area contributed by atoms with Crippen LogP contribution < -0.4 is 0 Å². The van der Waals surface area contributed by atoms with Crippen molar-refractivity contribution < 1.29 is 19.4 Å². The zero-order valence-corrected chi connectivity index (χ0v) is 12.6. The molecule has 5 heteroatoms. The average molecular weight is 315 g/mol. The van der Waals surface area contributed by atoms with Gasteiger partial charge < -0.3 is 15.1 Å². The van der Waals surface area contributed by atoms with Gasteiger partial charge in [-0.1, -0.05) is 12.1 Å². The lowest BCUT2D eigenvalue weighted by molar-refractivity contribution is 0.0710. The second-order valence-electron chi connectivity index (χ2n) is 5.82. The molecule has 2 N–H and O–H groups in total. The highest BCUT2D eigenvalue weighted by Gasteiger charge is 2.26. The maximum absolute atomic E-state index is 13.0. The van der Waals surface area contributed by atoms with Gasteiger partial charge in [-0.15, -0.1) is 0 Å². The summed E-state index contributed by atoms with van der Waals surface area (Å²) in [5.41, 5.74) is 1.29. The Morgan fingerprint density at radius 1 is 1.04 bits per heavy atom. The second-order valence-corrected chi connectivity index (χ2v) is 5.82. The molecule has 23 heavy (non-hydrogen) atoms. The van der Waals surface area contributed by atoms with Gasteiger partial charge in [0, 0.05) is 19.2 Å². The van der Waals surface area contributed by atoms with Gasteiger partial charge in [0.25, 0.3) is 5.91 Å². The molecule has 2 aromatic carbocycles. The van der Waals surface area contributed by atoms with E-state index in [0.717, 1.165) is 18.4 Å². The number of amides is 1. The first-order valence-electron chi connectivity index (χ1n) is 7.61. The fourth-order valence-electron chi connectivity index (χ4n) is 3.02. The topological polar surface area (TPSA) is 60.8 Å². The highest BCUT2D eigenvalue weighted by Crippen LogP contribution is 2.30. The first-order chi connectivity index (χ1) is 11.0. The molecule has 1 heterocycles. The summed E-state index contributed by atoms with van der Waals surface area (Å²) < 4.78 is 13.0. The Morgan fingerprint density at radius 2 is 1.70 bits per heavy atom. The van der Waals surface area contributed by atoms with E-state index in [4.69, 9.17) is 0 Å². The monoisotopic (exact) mass is 315 g/mol. The number of piperidine rings is 1. The number of aromatic hydroxyl groups is 2. The molecule has 2 aromatic rings. The second kappa shape index (κ2) is 6.28. The number of carbonyl (C=O) groups excluding carboxylic acids is 1. The third-order valence-corrected chi connectivity index (χ3v) is 4.34. The van der Waals surface area contributed by atoms with E-state index in [9.17, 15) is 19.4 Å². The predicted octanol–water partition coefficient (Wildman–Crippen LogP) is 3.26. The van der Waals surface area contributed by atoms with Gasteiger partial charge in [0.1, 0.15) is 17.3 Å². The molecule has 0 saturated carbocycles. The molecule has 0 atom stereocenters. The van der Waals surface area contributed by atoms with Crippen LogP contribution in [0, 0.1) is 5.82 Å². The molecule has 0 radical (unpaired) electrons. The maximum atomic E-state index is 13.0. The summed E-state index contributed by atoms with van der Waals surface area (Å²) in [5, 5.41) is 19.1. The zero-order valence-electron chi connectivity index (χ0n) is 12.6. The quantitative estimate of drug-likeness (QED) is 0.894. The summed E-state index contributed by atoms with van der Waals surface area (Å²) >= 11 is 0. The first kappa shape index (κ1) is 15.3. The van der Waals surface area contributed by atoms with Crippen molar-refractivity contribution >= 4 is 5.91 Å². The van der Waals surface area contributed by atoms with Gasteiger partial charge in [-0.3, -0.25) is 4.79 Å². The molecule has 0 aliphatic carbocycles. The molecule has 0 spiro atoms. The van der Waals surface area contributed by atoms with Gasteiger partial charge in [-0.05, 0) is 48.6 Å². The van der Waals surface area contributed by atoms with Crippen molar-refractivity contribution in [3.05, 3.63) is 59.4 Å². The van der Waals surface area contributed by atoms with Crippen molar-refractivity contribution in [2.24, 2.45) is 0 Å². The third-order valence-electron chi connectivity index (χ3n) is 4.34. The summed E-state index contributed by atoms with van der Waals surface area (Å²) in [6.45, 7) is 1.17. The van der Waals surface area contributed by atoms with Crippen molar-refractivity contribution in [3.8, 4) is 11.5 Å². The van der Waals surface area contributed by atoms with Crippen LogP contribution in [0.4, 0.5) is 4.39 Å². The summed E-state index contributed by atoms with van der Waals surface area (Å²) in [7, 11) is 0. The van der Waals surface area contributed by atoms with Gasteiger partial charge in [-0.25, -0.2) is 4.39 Å². The SMILES string of the molecule is O=C(c1ccc(O)cc1O)N1CCC(c2ccc(F)cc2)CC1. The molecule has 0 unspecified atom stereocenters. The molecule has 1 aliphatic heterocycles. The molecular weight excluding hydrogens is 297 g/mol. The van der Waals surface area contributed by atoms with Crippen LogP contribution >= 0.6 is 0 Å². The Labute approximate surface area is 133 Å². The number of hydrogen-bond donors (Lipinski definition) is 2. The maximum Gasteiger partial charge on any atom is 0.257 e. The van der Waals surface area contributed by atoms with E-state index < -0.39 is 0 Å². The molecule has 1 fully saturated rings. The summed E-state index contributed by atoms with van der Waals surface area (Å²) in [5.74, 6) is -0.456. The lowest BCUT2D eigenvalue weighted by Gasteiger charge is -2.32. The summed E-state index contributed by atoms with van der Waals surface area (Å²) in [4.78, 5) is 14.2. The predicted molar refractivity (Wildman–Crippen MR) is 84.1 cm³/mol. The Morgan fingerprint density at radius 3 is 2.30 bits per heavy atom. The minimum Gasteiger partial charge on any atom is -0.508 e. The van der Waals surface area contributed by atoms with E-state index in [0.29, 0.717) is 19.0 Å². The number of benzene rings is 2. The fraction of sp³-hybridized carbons (Fsp3) is 0.278. The number of likely N-dealkylation sites (tertiary alicyclic amines) is 1. The van der Waals surface area contributed by atoms with Gasteiger partial charge in [0.2, 0.25) is 0 Å². The Balaban J connectivity index is 1.66. The Bertz CT molecular complexity index is 707.